The number of carbonyl (C=O) groups is 2. The highest BCUT2D eigenvalue weighted by Gasteiger charge is 2.35. The summed E-state index contributed by atoms with van der Waals surface area (Å²) in [5, 5.41) is 0. The van der Waals surface area contributed by atoms with Crippen LogP contribution in [0.15, 0.2) is 72.1 Å². The molecule has 29 heavy (non-hydrogen) atoms. The molecule has 150 valence electrons. The Morgan fingerprint density at radius 1 is 0.828 bits per heavy atom. The van der Waals surface area contributed by atoms with Gasteiger partial charge in [0.15, 0.2) is 0 Å². The summed E-state index contributed by atoms with van der Waals surface area (Å²) in [4.78, 5) is 26.6. The Morgan fingerprint density at radius 3 is 1.72 bits per heavy atom. The van der Waals surface area contributed by atoms with E-state index < -0.39 is 23.7 Å². The van der Waals surface area contributed by atoms with E-state index in [1.165, 1.54) is 50.6 Å². The highest BCUT2D eigenvalue weighted by molar-refractivity contribution is 5.98. The van der Waals surface area contributed by atoms with Gasteiger partial charge < -0.3 is 14.4 Å². The van der Waals surface area contributed by atoms with Crippen molar-refractivity contribution in [3.8, 4) is 0 Å². The Kier molecular flexibility index (Phi) is 6.07. The SMILES string of the molecule is COC(=O)C1=CN(Cc2ccc(F)cc2)C=C(C(=O)OC)C1c1ccc(F)cc1. The molecular formula is C22H19F2NO4. The van der Waals surface area contributed by atoms with Crippen molar-refractivity contribution in [2.45, 2.75) is 12.5 Å². The second-order valence-electron chi connectivity index (χ2n) is 6.44. The van der Waals surface area contributed by atoms with Gasteiger partial charge in [-0.15, -0.1) is 0 Å². The van der Waals surface area contributed by atoms with Crippen LogP contribution in [0.2, 0.25) is 0 Å². The van der Waals surface area contributed by atoms with E-state index in [0.29, 0.717) is 5.56 Å². The zero-order valence-electron chi connectivity index (χ0n) is 15.9. The first-order chi connectivity index (χ1) is 13.9. The van der Waals surface area contributed by atoms with Crippen molar-refractivity contribution >= 4 is 11.9 Å². The van der Waals surface area contributed by atoms with E-state index in [0.717, 1.165) is 5.56 Å². The Morgan fingerprint density at radius 2 is 1.28 bits per heavy atom. The van der Waals surface area contributed by atoms with Gasteiger partial charge in [0.05, 0.1) is 31.3 Å². The lowest BCUT2D eigenvalue weighted by molar-refractivity contribution is -0.137. The van der Waals surface area contributed by atoms with Crippen molar-refractivity contribution in [2.75, 3.05) is 14.2 Å². The van der Waals surface area contributed by atoms with E-state index >= 15 is 0 Å². The van der Waals surface area contributed by atoms with Crippen molar-refractivity contribution in [3.63, 3.8) is 0 Å². The summed E-state index contributed by atoms with van der Waals surface area (Å²) in [5.41, 5.74) is 1.71. The van der Waals surface area contributed by atoms with Gasteiger partial charge in [-0.3, -0.25) is 0 Å². The number of ether oxygens (including phenoxy) is 2. The number of rotatable bonds is 5. The van der Waals surface area contributed by atoms with Gasteiger partial charge in [-0.1, -0.05) is 24.3 Å². The summed E-state index contributed by atoms with van der Waals surface area (Å²) in [6.07, 6.45) is 3.13. The van der Waals surface area contributed by atoms with Crippen molar-refractivity contribution in [2.24, 2.45) is 0 Å². The second kappa shape index (κ2) is 8.68. The molecule has 0 spiro atoms. The lowest BCUT2D eigenvalue weighted by atomic mass is 9.83. The van der Waals surface area contributed by atoms with Crippen LogP contribution in [0.4, 0.5) is 8.78 Å². The van der Waals surface area contributed by atoms with Crippen LogP contribution in [0.3, 0.4) is 0 Å². The van der Waals surface area contributed by atoms with Gasteiger partial charge in [-0.25, -0.2) is 18.4 Å². The summed E-state index contributed by atoms with van der Waals surface area (Å²) in [6, 6.07) is 11.4. The van der Waals surface area contributed by atoms with Crippen LogP contribution < -0.4 is 0 Å². The van der Waals surface area contributed by atoms with Crippen molar-refractivity contribution in [1.29, 1.82) is 0 Å². The molecule has 0 aromatic heterocycles. The molecule has 0 saturated carbocycles. The van der Waals surface area contributed by atoms with E-state index in [9.17, 15) is 18.4 Å². The van der Waals surface area contributed by atoms with Crippen LogP contribution in [0.1, 0.15) is 17.0 Å². The number of esters is 2. The zero-order valence-corrected chi connectivity index (χ0v) is 15.9. The molecule has 7 heteroatoms. The molecule has 0 N–H and O–H groups in total. The Bertz CT molecular complexity index is 931. The molecule has 0 aliphatic carbocycles. The molecular weight excluding hydrogens is 380 g/mol. The minimum atomic E-state index is -0.778. The van der Waals surface area contributed by atoms with Crippen LogP contribution >= 0.6 is 0 Å². The number of hydrogen-bond donors (Lipinski definition) is 0. The number of carbonyl (C=O) groups excluding carboxylic acids is 2. The van der Waals surface area contributed by atoms with Crippen LogP contribution in [0, 0.1) is 11.6 Å². The molecule has 3 rings (SSSR count). The molecule has 0 bridgehead atoms. The molecule has 5 nitrogen and oxygen atoms in total. The Labute approximate surface area is 166 Å². The maximum Gasteiger partial charge on any atom is 0.336 e. The first-order valence-corrected chi connectivity index (χ1v) is 8.78. The fourth-order valence-corrected chi connectivity index (χ4v) is 3.19. The first kappa shape index (κ1) is 20.3. The molecule has 0 amide bonds. The number of benzene rings is 2. The molecule has 0 saturated heterocycles. The predicted molar refractivity (Wildman–Crippen MR) is 101 cm³/mol. The molecule has 0 unspecified atom stereocenters. The monoisotopic (exact) mass is 399 g/mol. The quantitative estimate of drug-likeness (QED) is 0.718. The third-order valence-electron chi connectivity index (χ3n) is 4.56. The molecule has 2 aromatic carbocycles. The van der Waals surface area contributed by atoms with Crippen molar-refractivity contribution in [3.05, 3.63) is 94.8 Å². The Balaban J connectivity index is 2.05. The van der Waals surface area contributed by atoms with Gasteiger partial charge in [0.2, 0.25) is 0 Å². The van der Waals surface area contributed by atoms with Gasteiger partial charge in [0, 0.05) is 18.9 Å². The van der Waals surface area contributed by atoms with Gasteiger partial charge >= 0.3 is 11.9 Å². The average molecular weight is 399 g/mol. The summed E-state index contributed by atoms with van der Waals surface area (Å²) in [5.74, 6) is -2.83. The van der Waals surface area contributed by atoms with Gasteiger partial charge in [-0.2, -0.15) is 0 Å². The van der Waals surface area contributed by atoms with Crippen LogP contribution in [0.25, 0.3) is 0 Å². The highest BCUT2D eigenvalue weighted by Crippen LogP contribution is 2.37. The number of hydrogen-bond acceptors (Lipinski definition) is 5. The van der Waals surface area contributed by atoms with E-state index in [4.69, 9.17) is 9.47 Å². The predicted octanol–water partition coefficient (Wildman–Crippen LogP) is 3.68. The van der Waals surface area contributed by atoms with E-state index in [-0.39, 0.29) is 23.5 Å². The zero-order chi connectivity index (χ0) is 21.0. The lowest BCUT2D eigenvalue weighted by Gasteiger charge is -2.30. The second-order valence-corrected chi connectivity index (χ2v) is 6.44. The molecule has 0 fully saturated rings. The maximum atomic E-state index is 13.4. The summed E-state index contributed by atoms with van der Waals surface area (Å²) in [6.45, 7) is 0.289. The summed E-state index contributed by atoms with van der Waals surface area (Å²) >= 11 is 0. The third kappa shape index (κ3) is 4.51. The van der Waals surface area contributed by atoms with Crippen LogP contribution in [-0.4, -0.2) is 31.1 Å². The lowest BCUT2D eigenvalue weighted by Crippen LogP contribution is -2.28. The van der Waals surface area contributed by atoms with Crippen molar-refractivity contribution in [1.82, 2.24) is 4.90 Å². The van der Waals surface area contributed by atoms with Gasteiger partial charge in [0.1, 0.15) is 11.6 Å². The molecule has 1 aliphatic rings. The number of nitrogens with zero attached hydrogens (tertiary/aromatic N) is 1. The highest BCUT2D eigenvalue weighted by atomic mass is 19.1. The van der Waals surface area contributed by atoms with E-state index in [1.54, 1.807) is 29.4 Å². The van der Waals surface area contributed by atoms with E-state index in [1.807, 2.05) is 0 Å². The third-order valence-corrected chi connectivity index (χ3v) is 4.56. The topological polar surface area (TPSA) is 55.8 Å². The maximum absolute atomic E-state index is 13.4. The number of methoxy groups -OCH3 is 2. The largest absolute Gasteiger partial charge is 0.466 e. The standard InChI is InChI=1S/C22H19F2NO4/c1-28-21(26)18-12-25(11-14-3-7-16(23)8-4-14)13-19(22(27)29-2)20(18)15-5-9-17(24)10-6-15/h3-10,12-13,20H,11H2,1-2H3. The molecule has 1 heterocycles. The molecule has 0 radical (unpaired) electrons. The Hall–Kier alpha value is -3.48. The van der Waals surface area contributed by atoms with Crippen LogP contribution in [-0.2, 0) is 25.6 Å². The van der Waals surface area contributed by atoms with Gasteiger partial charge in [-0.05, 0) is 35.4 Å². The molecule has 2 aromatic rings. The average Bonchev–Trinajstić information content (AvgIpc) is 2.74. The van der Waals surface area contributed by atoms with Crippen LogP contribution in [0.5, 0.6) is 0 Å². The number of halogens is 2. The van der Waals surface area contributed by atoms with E-state index in [2.05, 4.69) is 0 Å². The summed E-state index contributed by atoms with van der Waals surface area (Å²) < 4.78 is 36.4. The molecule has 1 aliphatic heterocycles. The fourth-order valence-electron chi connectivity index (χ4n) is 3.19. The normalized spacial score (nSPS) is 14.1. The smallest absolute Gasteiger partial charge is 0.336 e. The van der Waals surface area contributed by atoms with Gasteiger partial charge in [0.25, 0.3) is 0 Å². The minimum Gasteiger partial charge on any atom is -0.466 e. The van der Waals surface area contributed by atoms with Crippen molar-refractivity contribution < 1.29 is 27.8 Å². The fraction of sp³-hybridized carbons (Fsp3) is 0.182. The molecule has 0 atom stereocenters. The minimum absolute atomic E-state index is 0.198. The summed E-state index contributed by atoms with van der Waals surface area (Å²) in [7, 11) is 2.48. The first-order valence-electron chi connectivity index (χ1n) is 8.78.